The maximum atomic E-state index is 14.1. The molecule has 140 valence electrons. The number of likely N-dealkylation sites (N-methyl/N-ethyl adjacent to an activating group) is 1. The fourth-order valence-corrected chi connectivity index (χ4v) is 2.69. The van der Waals surface area contributed by atoms with Gasteiger partial charge >= 0.3 is 0 Å². The minimum atomic E-state index is -0.588. The average molecular weight is 360 g/mol. The summed E-state index contributed by atoms with van der Waals surface area (Å²) in [5.41, 5.74) is 7.98. The normalized spacial score (nSPS) is 13.3. The molecule has 1 atom stereocenters. The van der Waals surface area contributed by atoms with Crippen molar-refractivity contribution in [1.29, 1.82) is 0 Å². The molecule has 0 bridgehead atoms. The lowest BCUT2D eigenvalue weighted by molar-refractivity contribution is 0.290. The van der Waals surface area contributed by atoms with Crippen LogP contribution in [0.15, 0.2) is 47.5 Å². The molecule has 2 aromatic rings. The molecule has 0 saturated heterocycles. The Kier molecular flexibility index (Phi) is 6.69. The molecule has 4 nitrogen and oxygen atoms in total. The van der Waals surface area contributed by atoms with E-state index in [-0.39, 0.29) is 18.1 Å². The molecule has 0 aliphatic carbocycles. The lowest BCUT2D eigenvalue weighted by atomic mass is 10.0. The Morgan fingerprint density at radius 1 is 1.12 bits per heavy atom. The minimum absolute atomic E-state index is 0.00384. The van der Waals surface area contributed by atoms with E-state index in [1.807, 2.05) is 24.3 Å². The van der Waals surface area contributed by atoms with Crippen LogP contribution in [0.1, 0.15) is 36.9 Å². The number of benzene rings is 2. The van der Waals surface area contributed by atoms with Crippen molar-refractivity contribution in [1.82, 2.24) is 4.90 Å². The first-order valence-electron chi connectivity index (χ1n) is 8.56. The van der Waals surface area contributed by atoms with Gasteiger partial charge in [-0.15, -0.1) is 0 Å². The van der Waals surface area contributed by atoms with Crippen LogP contribution in [0, 0.1) is 11.6 Å². The van der Waals surface area contributed by atoms with Crippen molar-refractivity contribution >= 4 is 11.6 Å². The third-order valence-corrected chi connectivity index (χ3v) is 4.22. The van der Waals surface area contributed by atoms with Crippen molar-refractivity contribution in [2.75, 3.05) is 26.0 Å². The van der Waals surface area contributed by atoms with E-state index in [1.54, 1.807) is 19.0 Å². The summed E-state index contributed by atoms with van der Waals surface area (Å²) < 4.78 is 28.2. The van der Waals surface area contributed by atoms with Gasteiger partial charge in [-0.2, -0.15) is 0 Å². The van der Waals surface area contributed by atoms with E-state index in [2.05, 4.69) is 24.2 Å². The van der Waals surface area contributed by atoms with Crippen LogP contribution >= 0.6 is 0 Å². The van der Waals surface area contributed by atoms with Crippen molar-refractivity contribution < 1.29 is 8.78 Å². The molecule has 0 aliphatic heterocycles. The number of hydrogen-bond acceptors (Lipinski definition) is 2. The van der Waals surface area contributed by atoms with Crippen molar-refractivity contribution in [3.05, 3.63) is 65.2 Å². The Labute approximate surface area is 153 Å². The van der Waals surface area contributed by atoms with Gasteiger partial charge in [-0.1, -0.05) is 32.0 Å². The molecule has 2 rings (SSSR count). The maximum Gasteiger partial charge on any atom is 0.193 e. The van der Waals surface area contributed by atoms with Gasteiger partial charge in [0.15, 0.2) is 5.96 Å². The smallest absolute Gasteiger partial charge is 0.193 e. The summed E-state index contributed by atoms with van der Waals surface area (Å²) in [6.45, 7) is 4.36. The van der Waals surface area contributed by atoms with Crippen LogP contribution in [-0.4, -0.2) is 31.5 Å². The SMILES string of the molecule is CC(C)c1cccc(NC(N)=NCC(c2c(F)cccc2F)N(C)C)c1. The van der Waals surface area contributed by atoms with Gasteiger partial charge in [0.2, 0.25) is 0 Å². The minimum Gasteiger partial charge on any atom is -0.370 e. The topological polar surface area (TPSA) is 53.6 Å². The fourth-order valence-electron chi connectivity index (χ4n) is 2.69. The van der Waals surface area contributed by atoms with E-state index in [0.29, 0.717) is 5.92 Å². The highest BCUT2D eigenvalue weighted by atomic mass is 19.1. The second-order valence-corrected chi connectivity index (χ2v) is 6.75. The lowest BCUT2D eigenvalue weighted by Crippen LogP contribution is -2.28. The van der Waals surface area contributed by atoms with E-state index in [0.717, 1.165) is 5.69 Å². The van der Waals surface area contributed by atoms with E-state index in [1.165, 1.54) is 23.8 Å². The first-order chi connectivity index (χ1) is 12.3. The number of guanidine groups is 1. The van der Waals surface area contributed by atoms with Crippen molar-refractivity contribution in [2.45, 2.75) is 25.8 Å². The van der Waals surface area contributed by atoms with Gasteiger partial charge in [0.1, 0.15) is 11.6 Å². The number of hydrogen-bond donors (Lipinski definition) is 2. The highest BCUT2D eigenvalue weighted by Gasteiger charge is 2.21. The van der Waals surface area contributed by atoms with Gasteiger partial charge in [-0.25, -0.2) is 8.78 Å². The second-order valence-electron chi connectivity index (χ2n) is 6.75. The number of nitrogens with one attached hydrogen (secondary N) is 1. The number of nitrogens with two attached hydrogens (primary N) is 1. The molecular formula is C20H26F2N4. The quantitative estimate of drug-likeness (QED) is 0.602. The first-order valence-corrected chi connectivity index (χ1v) is 8.56. The molecule has 6 heteroatoms. The standard InChI is InChI=1S/C20H26F2N4/c1-13(2)14-7-5-8-15(11-14)25-20(23)24-12-18(26(3)4)19-16(21)9-6-10-17(19)22/h5-11,13,18H,12H2,1-4H3,(H3,23,24,25). The Balaban J connectivity index is 2.16. The summed E-state index contributed by atoms with van der Waals surface area (Å²) in [5, 5.41) is 3.03. The molecule has 0 aromatic heterocycles. The predicted molar refractivity (Wildman–Crippen MR) is 103 cm³/mol. The molecule has 0 amide bonds. The molecule has 0 fully saturated rings. The molecule has 2 aromatic carbocycles. The zero-order valence-electron chi connectivity index (χ0n) is 15.6. The number of aliphatic imine (C=N–C) groups is 1. The largest absolute Gasteiger partial charge is 0.370 e. The summed E-state index contributed by atoms with van der Waals surface area (Å²) in [6.07, 6.45) is 0. The van der Waals surface area contributed by atoms with Crippen LogP contribution in [-0.2, 0) is 0 Å². The zero-order valence-corrected chi connectivity index (χ0v) is 15.6. The van der Waals surface area contributed by atoms with E-state index < -0.39 is 17.7 Å². The van der Waals surface area contributed by atoms with Gasteiger partial charge < -0.3 is 16.0 Å². The molecule has 0 radical (unpaired) electrons. The van der Waals surface area contributed by atoms with Crippen LogP contribution in [0.4, 0.5) is 14.5 Å². The van der Waals surface area contributed by atoms with Crippen molar-refractivity contribution in [2.24, 2.45) is 10.7 Å². The summed E-state index contributed by atoms with van der Waals surface area (Å²) in [5.74, 6) is -0.573. The summed E-state index contributed by atoms with van der Waals surface area (Å²) in [4.78, 5) is 6.00. The van der Waals surface area contributed by atoms with Gasteiger partial charge in [0, 0.05) is 11.3 Å². The predicted octanol–water partition coefficient (Wildman–Crippen LogP) is 4.12. The number of anilines is 1. The number of rotatable bonds is 6. The second kappa shape index (κ2) is 8.76. The monoisotopic (exact) mass is 360 g/mol. The highest BCUT2D eigenvalue weighted by molar-refractivity contribution is 5.92. The molecule has 3 N–H and O–H groups in total. The molecule has 26 heavy (non-hydrogen) atoms. The average Bonchev–Trinajstić information content (AvgIpc) is 2.57. The van der Waals surface area contributed by atoms with Crippen molar-refractivity contribution in [3.8, 4) is 0 Å². The molecule has 0 saturated carbocycles. The molecule has 0 heterocycles. The van der Waals surface area contributed by atoms with Crippen LogP contribution in [0.2, 0.25) is 0 Å². The van der Waals surface area contributed by atoms with E-state index >= 15 is 0 Å². The van der Waals surface area contributed by atoms with Gasteiger partial charge in [-0.3, -0.25) is 4.99 Å². The lowest BCUT2D eigenvalue weighted by Gasteiger charge is -2.24. The molecule has 0 aliphatic rings. The summed E-state index contributed by atoms with van der Waals surface area (Å²) in [6, 6.07) is 11.2. The van der Waals surface area contributed by atoms with Crippen molar-refractivity contribution in [3.63, 3.8) is 0 Å². The van der Waals surface area contributed by atoms with E-state index in [9.17, 15) is 8.78 Å². The van der Waals surface area contributed by atoms with Crippen LogP contribution in [0.5, 0.6) is 0 Å². The highest BCUT2D eigenvalue weighted by Crippen LogP contribution is 2.25. The Morgan fingerprint density at radius 3 is 2.31 bits per heavy atom. The number of halogens is 2. The summed E-state index contributed by atoms with van der Waals surface area (Å²) >= 11 is 0. The number of nitrogens with zero attached hydrogens (tertiary/aromatic N) is 2. The first kappa shape index (κ1) is 19.8. The molecular weight excluding hydrogens is 334 g/mol. The Bertz CT molecular complexity index is 752. The van der Waals surface area contributed by atoms with Crippen LogP contribution in [0.3, 0.4) is 0 Å². The third kappa shape index (κ3) is 5.02. The van der Waals surface area contributed by atoms with Gasteiger partial charge in [0.25, 0.3) is 0 Å². The third-order valence-electron chi connectivity index (χ3n) is 4.22. The summed E-state index contributed by atoms with van der Waals surface area (Å²) in [7, 11) is 3.50. The molecule has 0 spiro atoms. The Morgan fingerprint density at radius 2 is 1.73 bits per heavy atom. The van der Waals surface area contributed by atoms with E-state index in [4.69, 9.17) is 5.73 Å². The maximum absolute atomic E-state index is 14.1. The van der Waals surface area contributed by atoms with Crippen LogP contribution < -0.4 is 11.1 Å². The fraction of sp³-hybridized carbons (Fsp3) is 0.350. The zero-order chi connectivity index (χ0) is 19.3. The van der Waals surface area contributed by atoms with Crippen LogP contribution in [0.25, 0.3) is 0 Å². The van der Waals surface area contributed by atoms with Gasteiger partial charge in [0.05, 0.1) is 12.6 Å². The Hall–Kier alpha value is -2.47. The van der Waals surface area contributed by atoms with Gasteiger partial charge in [-0.05, 0) is 49.8 Å². The molecule has 1 unspecified atom stereocenters.